The third-order valence-corrected chi connectivity index (χ3v) is 2.57. The molecule has 0 saturated heterocycles. The van der Waals surface area contributed by atoms with Crippen molar-refractivity contribution in [2.75, 3.05) is 27.7 Å². The van der Waals surface area contributed by atoms with Crippen molar-refractivity contribution >= 4 is 18.3 Å². The molecule has 102 valence electrons. The van der Waals surface area contributed by atoms with E-state index in [-0.39, 0.29) is 18.3 Å². The number of halogens is 1. The van der Waals surface area contributed by atoms with Crippen LogP contribution in [0.25, 0.3) is 0 Å². The summed E-state index contributed by atoms with van der Waals surface area (Å²) in [6.45, 7) is 1.32. The summed E-state index contributed by atoms with van der Waals surface area (Å²) in [6, 6.07) is 7.76. The molecule has 0 radical (unpaired) electrons. The van der Waals surface area contributed by atoms with E-state index in [0.717, 1.165) is 11.3 Å². The van der Waals surface area contributed by atoms with Crippen LogP contribution in [-0.4, -0.2) is 38.6 Å². The molecule has 0 aromatic heterocycles. The van der Waals surface area contributed by atoms with Gasteiger partial charge in [0.2, 0.25) is 5.91 Å². The Kier molecular flexibility index (Phi) is 8.16. The van der Waals surface area contributed by atoms with Crippen molar-refractivity contribution in [2.45, 2.75) is 13.0 Å². The van der Waals surface area contributed by atoms with Crippen LogP contribution in [0.1, 0.15) is 12.0 Å². The molecule has 18 heavy (non-hydrogen) atoms. The molecule has 0 atom stereocenters. The standard InChI is InChI=1S/C13H20N2O2.ClH/c1-14-8-7-13(16)15(2)10-11-5-4-6-12(9-11)17-3;/h4-6,9,14H,7-8,10H2,1-3H3;1H. The molecule has 0 heterocycles. The smallest absolute Gasteiger partial charge is 0.223 e. The fourth-order valence-corrected chi connectivity index (χ4v) is 1.56. The molecule has 1 rings (SSSR count). The van der Waals surface area contributed by atoms with Crippen molar-refractivity contribution in [1.82, 2.24) is 10.2 Å². The van der Waals surface area contributed by atoms with E-state index in [1.54, 1.807) is 12.0 Å². The maximum atomic E-state index is 11.7. The first-order valence-electron chi connectivity index (χ1n) is 5.69. The number of benzene rings is 1. The van der Waals surface area contributed by atoms with Crippen LogP contribution < -0.4 is 10.1 Å². The lowest BCUT2D eigenvalue weighted by atomic mass is 10.2. The molecule has 0 fully saturated rings. The van der Waals surface area contributed by atoms with Gasteiger partial charge in [0.05, 0.1) is 7.11 Å². The number of nitrogens with zero attached hydrogens (tertiary/aromatic N) is 1. The van der Waals surface area contributed by atoms with Crippen molar-refractivity contribution in [2.24, 2.45) is 0 Å². The average Bonchev–Trinajstić information content (AvgIpc) is 2.36. The van der Waals surface area contributed by atoms with Gasteiger partial charge in [0.25, 0.3) is 0 Å². The predicted molar refractivity (Wildman–Crippen MR) is 75.3 cm³/mol. The van der Waals surface area contributed by atoms with E-state index < -0.39 is 0 Å². The Morgan fingerprint density at radius 1 is 1.44 bits per heavy atom. The molecule has 0 unspecified atom stereocenters. The van der Waals surface area contributed by atoms with E-state index in [9.17, 15) is 4.79 Å². The SMILES string of the molecule is CNCCC(=O)N(C)Cc1cccc(OC)c1.Cl. The summed E-state index contributed by atoms with van der Waals surface area (Å²) in [6.07, 6.45) is 0.525. The molecule has 0 aliphatic heterocycles. The number of ether oxygens (including phenoxy) is 1. The monoisotopic (exact) mass is 272 g/mol. The lowest BCUT2D eigenvalue weighted by Gasteiger charge is -2.17. The molecule has 1 aromatic rings. The Bertz CT molecular complexity index is 372. The van der Waals surface area contributed by atoms with E-state index in [2.05, 4.69) is 5.32 Å². The predicted octanol–water partition coefficient (Wildman–Crippen LogP) is 1.68. The number of amides is 1. The Labute approximate surface area is 115 Å². The minimum absolute atomic E-state index is 0. The molecule has 0 aliphatic rings. The molecule has 1 amide bonds. The van der Waals surface area contributed by atoms with E-state index in [0.29, 0.717) is 19.5 Å². The number of carbonyl (C=O) groups is 1. The van der Waals surface area contributed by atoms with Gasteiger partial charge in [-0.15, -0.1) is 12.4 Å². The summed E-state index contributed by atoms with van der Waals surface area (Å²) >= 11 is 0. The molecule has 4 nitrogen and oxygen atoms in total. The van der Waals surface area contributed by atoms with Gasteiger partial charge in [-0.1, -0.05) is 12.1 Å². The van der Waals surface area contributed by atoms with Crippen molar-refractivity contribution < 1.29 is 9.53 Å². The molecule has 0 bridgehead atoms. The van der Waals surface area contributed by atoms with Crippen LogP contribution in [-0.2, 0) is 11.3 Å². The maximum Gasteiger partial charge on any atom is 0.223 e. The highest BCUT2D eigenvalue weighted by Gasteiger charge is 2.08. The average molecular weight is 273 g/mol. The van der Waals surface area contributed by atoms with Gasteiger partial charge in [0.1, 0.15) is 5.75 Å². The highest BCUT2D eigenvalue weighted by atomic mass is 35.5. The van der Waals surface area contributed by atoms with E-state index >= 15 is 0 Å². The lowest BCUT2D eigenvalue weighted by Crippen LogP contribution is -2.28. The van der Waals surface area contributed by atoms with Crippen LogP contribution >= 0.6 is 12.4 Å². The highest BCUT2D eigenvalue weighted by molar-refractivity contribution is 5.85. The van der Waals surface area contributed by atoms with Gasteiger partial charge in [-0.05, 0) is 24.7 Å². The van der Waals surface area contributed by atoms with Crippen molar-refractivity contribution in [3.63, 3.8) is 0 Å². The number of methoxy groups -OCH3 is 1. The fraction of sp³-hybridized carbons (Fsp3) is 0.462. The number of nitrogens with one attached hydrogen (secondary N) is 1. The van der Waals surface area contributed by atoms with Gasteiger partial charge in [-0.25, -0.2) is 0 Å². The van der Waals surface area contributed by atoms with Gasteiger partial charge in [0.15, 0.2) is 0 Å². The number of rotatable bonds is 6. The number of hydrogen-bond acceptors (Lipinski definition) is 3. The zero-order chi connectivity index (χ0) is 12.7. The molecule has 0 spiro atoms. The van der Waals surface area contributed by atoms with Gasteiger partial charge in [0, 0.05) is 26.6 Å². The fourth-order valence-electron chi connectivity index (χ4n) is 1.56. The van der Waals surface area contributed by atoms with Gasteiger partial charge in [-0.3, -0.25) is 4.79 Å². The first kappa shape index (κ1) is 16.7. The van der Waals surface area contributed by atoms with E-state index in [1.807, 2.05) is 38.4 Å². The third-order valence-electron chi connectivity index (χ3n) is 2.57. The summed E-state index contributed by atoms with van der Waals surface area (Å²) in [5.41, 5.74) is 1.07. The Morgan fingerprint density at radius 2 is 2.17 bits per heavy atom. The summed E-state index contributed by atoms with van der Waals surface area (Å²) < 4.78 is 5.15. The summed E-state index contributed by atoms with van der Waals surface area (Å²) in [4.78, 5) is 13.4. The summed E-state index contributed by atoms with van der Waals surface area (Å²) in [7, 11) is 5.30. The second-order valence-electron chi connectivity index (χ2n) is 3.95. The topological polar surface area (TPSA) is 41.6 Å². The van der Waals surface area contributed by atoms with Gasteiger partial charge >= 0.3 is 0 Å². The van der Waals surface area contributed by atoms with Crippen LogP contribution in [0.2, 0.25) is 0 Å². The van der Waals surface area contributed by atoms with Crippen LogP contribution in [0, 0.1) is 0 Å². The molecular weight excluding hydrogens is 252 g/mol. The quantitative estimate of drug-likeness (QED) is 0.857. The normalized spacial score (nSPS) is 9.50. The Hall–Kier alpha value is -1.26. The third kappa shape index (κ3) is 5.38. The largest absolute Gasteiger partial charge is 0.497 e. The van der Waals surface area contributed by atoms with Gasteiger partial charge in [-0.2, -0.15) is 0 Å². The lowest BCUT2D eigenvalue weighted by molar-refractivity contribution is -0.130. The molecule has 1 N–H and O–H groups in total. The molecule has 0 saturated carbocycles. The van der Waals surface area contributed by atoms with Crippen molar-refractivity contribution in [1.29, 1.82) is 0 Å². The Morgan fingerprint density at radius 3 is 2.78 bits per heavy atom. The van der Waals surface area contributed by atoms with Gasteiger partial charge < -0.3 is 15.0 Å². The van der Waals surface area contributed by atoms with Crippen LogP contribution in [0.3, 0.4) is 0 Å². The van der Waals surface area contributed by atoms with Crippen LogP contribution in [0.4, 0.5) is 0 Å². The molecule has 0 aliphatic carbocycles. The van der Waals surface area contributed by atoms with Crippen LogP contribution in [0.5, 0.6) is 5.75 Å². The number of hydrogen-bond donors (Lipinski definition) is 1. The molecule has 5 heteroatoms. The minimum atomic E-state index is 0. The second-order valence-corrected chi connectivity index (χ2v) is 3.95. The Balaban J connectivity index is 0.00000289. The highest BCUT2D eigenvalue weighted by Crippen LogP contribution is 2.14. The van der Waals surface area contributed by atoms with Crippen molar-refractivity contribution in [3.8, 4) is 5.75 Å². The van der Waals surface area contributed by atoms with Crippen molar-refractivity contribution in [3.05, 3.63) is 29.8 Å². The zero-order valence-electron chi connectivity index (χ0n) is 11.1. The van der Waals surface area contributed by atoms with E-state index in [4.69, 9.17) is 4.74 Å². The zero-order valence-corrected chi connectivity index (χ0v) is 11.9. The number of carbonyl (C=O) groups excluding carboxylic acids is 1. The van der Waals surface area contributed by atoms with Crippen LogP contribution in [0.15, 0.2) is 24.3 Å². The summed E-state index contributed by atoms with van der Waals surface area (Å²) in [5.74, 6) is 0.959. The minimum Gasteiger partial charge on any atom is -0.497 e. The summed E-state index contributed by atoms with van der Waals surface area (Å²) in [5, 5.41) is 2.97. The second kappa shape index (κ2) is 8.78. The first-order valence-corrected chi connectivity index (χ1v) is 5.69. The molecule has 1 aromatic carbocycles. The maximum absolute atomic E-state index is 11.7. The first-order chi connectivity index (χ1) is 8.17. The van der Waals surface area contributed by atoms with E-state index in [1.165, 1.54) is 0 Å². The molecular formula is C13H21ClN2O2.